The maximum atomic E-state index is 6.47. The van der Waals surface area contributed by atoms with E-state index in [1.54, 1.807) is 0 Å². The minimum absolute atomic E-state index is 0.415. The van der Waals surface area contributed by atoms with E-state index in [-0.39, 0.29) is 0 Å². The van der Waals surface area contributed by atoms with E-state index in [9.17, 15) is 0 Å². The molecular formula is C61H37NO. The summed E-state index contributed by atoms with van der Waals surface area (Å²) < 4.78 is 6.47. The highest BCUT2D eigenvalue weighted by molar-refractivity contribution is 6.26. The van der Waals surface area contributed by atoms with Crippen LogP contribution in [0, 0.1) is 0 Å². The Bertz CT molecular complexity index is 3810. The maximum Gasteiger partial charge on any atom is 0.136 e. The molecule has 0 radical (unpaired) electrons. The van der Waals surface area contributed by atoms with E-state index >= 15 is 0 Å². The number of nitrogens with zero attached hydrogens (tertiary/aromatic N) is 1. The fourth-order valence-corrected chi connectivity index (χ4v) is 11.6. The van der Waals surface area contributed by atoms with Gasteiger partial charge in [0, 0.05) is 27.7 Å². The first-order valence-corrected chi connectivity index (χ1v) is 21.8. The standard InChI is InChI=1S/C61H37NO/c1-2-18-42-40(16-1)41-17-3-4-19-43(41)51-36-38(32-34-44(42)51)62(57-29-13-8-23-48(57)49-25-15-31-59-60(49)50-24-9-14-30-58(50)63-59)39-33-35-56-52(37-39)47-22-7-12-28-55(47)61(56)53-26-10-5-20-45(53)46-21-6-11-27-54(46)61/h1-37H. The second kappa shape index (κ2) is 12.9. The molecule has 0 atom stereocenters. The van der Waals surface area contributed by atoms with Gasteiger partial charge in [0.15, 0.2) is 0 Å². The minimum atomic E-state index is -0.415. The summed E-state index contributed by atoms with van der Waals surface area (Å²) in [6, 6.07) is 82.9. The van der Waals surface area contributed by atoms with Crippen LogP contribution in [0.25, 0.3) is 87.6 Å². The predicted molar refractivity (Wildman–Crippen MR) is 263 cm³/mol. The molecule has 0 amide bonds. The number of hydrogen-bond donors (Lipinski definition) is 0. The summed E-state index contributed by atoms with van der Waals surface area (Å²) in [6.45, 7) is 0. The third-order valence-electron chi connectivity index (χ3n) is 14.1. The number of para-hydroxylation sites is 2. The summed E-state index contributed by atoms with van der Waals surface area (Å²) in [5.41, 5.74) is 17.4. The Labute approximate surface area is 364 Å². The Morgan fingerprint density at radius 1 is 0.286 bits per heavy atom. The van der Waals surface area contributed by atoms with E-state index in [2.05, 4.69) is 223 Å². The zero-order valence-corrected chi connectivity index (χ0v) is 34.2. The highest BCUT2D eigenvalue weighted by atomic mass is 16.3. The van der Waals surface area contributed by atoms with Gasteiger partial charge in [-0.3, -0.25) is 0 Å². The van der Waals surface area contributed by atoms with Crippen molar-refractivity contribution in [3.63, 3.8) is 0 Å². The first kappa shape index (κ1) is 34.5. The lowest BCUT2D eigenvalue weighted by molar-refractivity contribution is 0.669. The van der Waals surface area contributed by atoms with E-state index in [4.69, 9.17) is 4.42 Å². The van der Waals surface area contributed by atoms with Crippen molar-refractivity contribution >= 4 is 71.3 Å². The van der Waals surface area contributed by atoms with Crippen LogP contribution in [0.4, 0.5) is 17.1 Å². The van der Waals surface area contributed by atoms with E-state index in [0.29, 0.717) is 0 Å². The second-order valence-corrected chi connectivity index (χ2v) is 17.1. The van der Waals surface area contributed by atoms with Crippen molar-refractivity contribution in [1.29, 1.82) is 0 Å². The van der Waals surface area contributed by atoms with Gasteiger partial charge in [-0.05, 0) is 125 Å². The fourth-order valence-electron chi connectivity index (χ4n) is 11.6. The molecule has 292 valence electrons. The molecule has 0 saturated heterocycles. The van der Waals surface area contributed by atoms with Crippen LogP contribution in [0.2, 0.25) is 0 Å². The van der Waals surface area contributed by atoms with Gasteiger partial charge >= 0.3 is 0 Å². The molecule has 2 nitrogen and oxygen atoms in total. The number of rotatable bonds is 4. The zero-order valence-electron chi connectivity index (χ0n) is 34.2. The van der Waals surface area contributed by atoms with Crippen LogP contribution in [0.5, 0.6) is 0 Å². The molecule has 0 aliphatic heterocycles. The summed E-state index contributed by atoms with van der Waals surface area (Å²) in [5, 5.41) is 9.78. The maximum absolute atomic E-state index is 6.47. The molecule has 12 aromatic rings. The van der Waals surface area contributed by atoms with Gasteiger partial charge in [0.25, 0.3) is 0 Å². The van der Waals surface area contributed by atoms with Crippen molar-refractivity contribution in [1.82, 2.24) is 0 Å². The number of fused-ring (bicyclic) bond motifs is 19. The average molecular weight is 800 g/mol. The molecule has 1 heterocycles. The van der Waals surface area contributed by atoms with Gasteiger partial charge in [0.1, 0.15) is 11.2 Å². The monoisotopic (exact) mass is 799 g/mol. The third-order valence-corrected chi connectivity index (χ3v) is 14.1. The third kappa shape index (κ3) is 4.62. The molecule has 11 aromatic carbocycles. The summed E-state index contributed by atoms with van der Waals surface area (Å²) in [4.78, 5) is 2.49. The molecule has 1 spiro atoms. The Hall–Kier alpha value is -8.20. The van der Waals surface area contributed by atoms with Crippen LogP contribution in [-0.2, 0) is 5.41 Å². The smallest absolute Gasteiger partial charge is 0.136 e. The average Bonchev–Trinajstić information content (AvgIpc) is 3.99. The Morgan fingerprint density at radius 2 is 0.730 bits per heavy atom. The largest absolute Gasteiger partial charge is 0.456 e. The van der Waals surface area contributed by atoms with Crippen molar-refractivity contribution in [2.45, 2.75) is 5.41 Å². The van der Waals surface area contributed by atoms with Gasteiger partial charge in [-0.25, -0.2) is 0 Å². The van der Waals surface area contributed by atoms with E-state index in [1.165, 1.54) is 76.8 Å². The SMILES string of the molecule is c1ccc(N(c2ccc3c(c2)-c2ccccc2C32c3ccccc3-c3ccccc32)c2ccc3c4ccccc4c4ccccc4c3c2)c(-c2cccc3oc4ccccc4c23)c1. The molecule has 0 N–H and O–H groups in total. The molecule has 2 aliphatic carbocycles. The van der Waals surface area contributed by atoms with Crippen molar-refractivity contribution in [3.8, 4) is 33.4 Å². The van der Waals surface area contributed by atoms with Gasteiger partial charge in [0.05, 0.1) is 11.1 Å². The zero-order chi connectivity index (χ0) is 41.2. The Balaban J connectivity index is 1.07. The van der Waals surface area contributed by atoms with E-state index in [1.807, 2.05) is 6.07 Å². The normalized spacial score (nSPS) is 13.2. The van der Waals surface area contributed by atoms with Gasteiger partial charge in [-0.15, -0.1) is 0 Å². The lowest BCUT2D eigenvalue weighted by atomic mass is 9.70. The summed E-state index contributed by atoms with van der Waals surface area (Å²) in [7, 11) is 0. The Morgan fingerprint density at radius 3 is 1.40 bits per heavy atom. The van der Waals surface area contributed by atoms with Crippen LogP contribution in [-0.4, -0.2) is 0 Å². The molecule has 2 aliphatic rings. The molecular weight excluding hydrogens is 763 g/mol. The lowest BCUT2D eigenvalue weighted by Gasteiger charge is -2.31. The topological polar surface area (TPSA) is 16.4 Å². The van der Waals surface area contributed by atoms with Gasteiger partial charge in [0.2, 0.25) is 0 Å². The molecule has 14 rings (SSSR count). The molecule has 63 heavy (non-hydrogen) atoms. The van der Waals surface area contributed by atoms with Crippen LogP contribution in [0.3, 0.4) is 0 Å². The van der Waals surface area contributed by atoms with Crippen LogP contribution < -0.4 is 4.90 Å². The minimum Gasteiger partial charge on any atom is -0.456 e. The Kier molecular flexibility index (Phi) is 7.07. The number of furan rings is 1. The van der Waals surface area contributed by atoms with Crippen molar-refractivity contribution in [2.24, 2.45) is 0 Å². The number of benzene rings is 11. The van der Waals surface area contributed by atoms with Crippen LogP contribution in [0.1, 0.15) is 22.3 Å². The predicted octanol–water partition coefficient (Wildman–Crippen LogP) is 16.5. The van der Waals surface area contributed by atoms with Crippen molar-refractivity contribution < 1.29 is 4.42 Å². The lowest BCUT2D eigenvalue weighted by Crippen LogP contribution is -2.25. The van der Waals surface area contributed by atoms with Crippen LogP contribution >= 0.6 is 0 Å². The molecule has 0 fully saturated rings. The summed E-state index contributed by atoms with van der Waals surface area (Å²) in [5.74, 6) is 0. The molecule has 0 saturated carbocycles. The molecule has 0 unspecified atom stereocenters. The van der Waals surface area contributed by atoms with Crippen LogP contribution in [0.15, 0.2) is 229 Å². The van der Waals surface area contributed by atoms with E-state index < -0.39 is 5.41 Å². The number of anilines is 3. The quantitative estimate of drug-likeness (QED) is 0.165. The second-order valence-electron chi connectivity index (χ2n) is 17.1. The summed E-state index contributed by atoms with van der Waals surface area (Å²) in [6.07, 6.45) is 0. The fraction of sp³-hybridized carbons (Fsp3) is 0.0164. The number of hydrogen-bond acceptors (Lipinski definition) is 2. The van der Waals surface area contributed by atoms with Crippen molar-refractivity contribution in [3.05, 3.63) is 247 Å². The van der Waals surface area contributed by atoms with E-state index in [0.717, 1.165) is 50.1 Å². The van der Waals surface area contributed by atoms with Crippen molar-refractivity contribution in [2.75, 3.05) is 4.90 Å². The molecule has 0 bridgehead atoms. The van der Waals surface area contributed by atoms with Gasteiger partial charge in [-0.2, -0.15) is 0 Å². The highest BCUT2D eigenvalue weighted by Crippen LogP contribution is 2.63. The highest BCUT2D eigenvalue weighted by Gasteiger charge is 2.51. The molecule has 2 heteroatoms. The first-order chi connectivity index (χ1) is 31.3. The summed E-state index contributed by atoms with van der Waals surface area (Å²) >= 11 is 0. The van der Waals surface area contributed by atoms with Gasteiger partial charge < -0.3 is 9.32 Å². The van der Waals surface area contributed by atoms with Gasteiger partial charge in [-0.1, -0.05) is 182 Å². The molecule has 1 aromatic heterocycles. The first-order valence-electron chi connectivity index (χ1n) is 21.8.